The van der Waals surface area contributed by atoms with Gasteiger partial charge in [0.1, 0.15) is 0 Å². The lowest BCUT2D eigenvalue weighted by atomic mass is 10.1. The van der Waals surface area contributed by atoms with Gasteiger partial charge in [-0.1, -0.05) is 18.6 Å². The van der Waals surface area contributed by atoms with Crippen molar-refractivity contribution in [1.29, 1.82) is 0 Å². The van der Waals surface area contributed by atoms with Crippen LogP contribution in [0.1, 0.15) is 26.2 Å². The highest BCUT2D eigenvalue weighted by molar-refractivity contribution is 5.73. The van der Waals surface area contributed by atoms with E-state index in [0.29, 0.717) is 0 Å². The van der Waals surface area contributed by atoms with E-state index in [4.69, 9.17) is 0 Å². The number of urea groups is 1. The summed E-state index contributed by atoms with van der Waals surface area (Å²) in [4.78, 5) is 11.2. The molecule has 1 aliphatic rings. The van der Waals surface area contributed by atoms with E-state index in [1.165, 1.54) is 5.57 Å². The van der Waals surface area contributed by atoms with Crippen LogP contribution in [-0.2, 0) is 0 Å². The molecular weight excluding hydrogens is 190 g/mol. The highest BCUT2D eigenvalue weighted by Crippen LogP contribution is 2.07. The second-order valence-corrected chi connectivity index (χ2v) is 3.75. The van der Waals surface area contributed by atoms with E-state index in [-0.39, 0.29) is 6.03 Å². The quantitative estimate of drug-likeness (QED) is 0.594. The van der Waals surface area contributed by atoms with Crippen LogP contribution >= 0.6 is 0 Å². The van der Waals surface area contributed by atoms with Gasteiger partial charge in [-0.25, -0.2) is 4.79 Å². The Morgan fingerprint density at radius 1 is 1.47 bits per heavy atom. The van der Waals surface area contributed by atoms with Crippen molar-refractivity contribution in [3.05, 3.63) is 11.6 Å². The van der Waals surface area contributed by atoms with Crippen LogP contribution in [0.3, 0.4) is 0 Å². The van der Waals surface area contributed by atoms with Crippen molar-refractivity contribution in [2.24, 2.45) is 0 Å². The minimum absolute atomic E-state index is 0.0496. The fraction of sp³-hybridized carbons (Fsp3) is 0.727. The zero-order chi connectivity index (χ0) is 10.9. The molecule has 0 aromatic rings. The maximum atomic E-state index is 11.2. The molecule has 4 nitrogen and oxygen atoms in total. The smallest absolute Gasteiger partial charge is 0.314 e. The molecule has 0 radical (unpaired) electrons. The van der Waals surface area contributed by atoms with E-state index in [1.807, 2.05) is 6.92 Å². The molecule has 0 bridgehead atoms. The maximum Gasteiger partial charge on any atom is 0.314 e. The molecule has 1 rings (SSSR count). The topological polar surface area (TPSA) is 53.2 Å². The van der Waals surface area contributed by atoms with Crippen LogP contribution < -0.4 is 16.0 Å². The Labute approximate surface area is 91.5 Å². The van der Waals surface area contributed by atoms with Crippen LogP contribution in [0.4, 0.5) is 4.79 Å². The Morgan fingerprint density at radius 3 is 2.93 bits per heavy atom. The predicted octanol–water partition coefficient (Wildman–Crippen LogP) is 1.01. The molecule has 0 fully saturated rings. The zero-order valence-electron chi connectivity index (χ0n) is 9.44. The van der Waals surface area contributed by atoms with Gasteiger partial charge in [-0.3, -0.25) is 0 Å². The van der Waals surface area contributed by atoms with E-state index in [2.05, 4.69) is 22.0 Å². The standard InChI is InChI=1S/C11H21N3O/c1-2-6-13-11(15)14-9-5-10-3-7-12-8-4-10/h3,12H,2,4-9H2,1H3,(H2,13,14,15). The molecule has 0 aliphatic carbocycles. The van der Waals surface area contributed by atoms with Gasteiger partial charge in [0.15, 0.2) is 0 Å². The highest BCUT2D eigenvalue weighted by atomic mass is 16.2. The third kappa shape index (κ3) is 5.42. The van der Waals surface area contributed by atoms with Crippen LogP contribution in [0.15, 0.2) is 11.6 Å². The third-order valence-corrected chi connectivity index (χ3v) is 2.43. The van der Waals surface area contributed by atoms with Crippen molar-refractivity contribution < 1.29 is 4.79 Å². The number of carbonyl (C=O) groups is 1. The normalized spacial score (nSPS) is 15.7. The molecule has 0 atom stereocenters. The van der Waals surface area contributed by atoms with Gasteiger partial charge in [0.25, 0.3) is 0 Å². The first-order valence-electron chi connectivity index (χ1n) is 5.73. The van der Waals surface area contributed by atoms with Gasteiger partial charge < -0.3 is 16.0 Å². The van der Waals surface area contributed by atoms with Crippen molar-refractivity contribution in [1.82, 2.24) is 16.0 Å². The monoisotopic (exact) mass is 211 g/mol. The zero-order valence-corrected chi connectivity index (χ0v) is 9.44. The second-order valence-electron chi connectivity index (χ2n) is 3.75. The Balaban J connectivity index is 2.04. The van der Waals surface area contributed by atoms with E-state index < -0.39 is 0 Å². The fourth-order valence-electron chi connectivity index (χ4n) is 1.53. The number of carbonyl (C=O) groups excluding carboxylic acids is 1. The maximum absolute atomic E-state index is 11.2. The molecule has 0 spiro atoms. The second kappa shape index (κ2) is 7.29. The number of hydrogen-bond donors (Lipinski definition) is 3. The van der Waals surface area contributed by atoms with Crippen molar-refractivity contribution in [3.8, 4) is 0 Å². The van der Waals surface area contributed by atoms with E-state index in [1.54, 1.807) is 0 Å². The van der Waals surface area contributed by atoms with Crippen molar-refractivity contribution in [3.63, 3.8) is 0 Å². The van der Waals surface area contributed by atoms with Gasteiger partial charge in [-0.05, 0) is 25.8 Å². The molecule has 0 aromatic carbocycles. The van der Waals surface area contributed by atoms with Crippen LogP contribution in [-0.4, -0.2) is 32.2 Å². The van der Waals surface area contributed by atoms with Gasteiger partial charge in [-0.15, -0.1) is 0 Å². The van der Waals surface area contributed by atoms with E-state index in [0.717, 1.165) is 45.4 Å². The molecule has 0 saturated carbocycles. The lowest BCUT2D eigenvalue weighted by Crippen LogP contribution is -2.36. The summed E-state index contributed by atoms with van der Waals surface area (Å²) in [6, 6.07) is -0.0496. The molecule has 4 heteroatoms. The highest BCUT2D eigenvalue weighted by Gasteiger charge is 2.03. The van der Waals surface area contributed by atoms with Gasteiger partial charge in [0.05, 0.1) is 0 Å². The van der Waals surface area contributed by atoms with Gasteiger partial charge in [-0.2, -0.15) is 0 Å². The third-order valence-electron chi connectivity index (χ3n) is 2.43. The molecule has 15 heavy (non-hydrogen) atoms. The molecule has 1 aliphatic heterocycles. The van der Waals surface area contributed by atoms with Crippen LogP contribution in [0.25, 0.3) is 0 Å². The summed E-state index contributed by atoms with van der Waals surface area (Å²) in [6.07, 6.45) is 5.28. The van der Waals surface area contributed by atoms with Crippen LogP contribution in [0.5, 0.6) is 0 Å². The molecule has 0 unspecified atom stereocenters. The van der Waals surface area contributed by atoms with Crippen LogP contribution in [0, 0.1) is 0 Å². The molecule has 0 saturated heterocycles. The van der Waals surface area contributed by atoms with E-state index >= 15 is 0 Å². The summed E-state index contributed by atoms with van der Waals surface area (Å²) in [5, 5.41) is 8.91. The molecule has 0 aromatic heterocycles. The summed E-state index contributed by atoms with van der Waals surface area (Å²) in [5.41, 5.74) is 1.45. The molecule has 86 valence electrons. The lowest BCUT2D eigenvalue weighted by molar-refractivity contribution is 0.241. The Morgan fingerprint density at radius 2 is 2.27 bits per heavy atom. The summed E-state index contributed by atoms with van der Waals surface area (Å²) in [7, 11) is 0. The largest absolute Gasteiger partial charge is 0.338 e. The lowest BCUT2D eigenvalue weighted by Gasteiger charge is -2.14. The molecule has 2 amide bonds. The van der Waals surface area contributed by atoms with Gasteiger partial charge in [0.2, 0.25) is 0 Å². The fourth-order valence-corrected chi connectivity index (χ4v) is 1.53. The molecule has 1 heterocycles. The summed E-state index contributed by atoms with van der Waals surface area (Å²) in [6.45, 7) is 5.56. The average molecular weight is 211 g/mol. The van der Waals surface area contributed by atoms with Gasteiger partial charge >= 0.3 is 6.03 Å². The van der Waals surface area contributed by atoms with Gasteiger partial charge in [0, 0.05) is 19.6 Å². The molecule has 3 N–H and O–H groups in total. The Kier molecular flexibility index (Phi) is 5.85. The summed E-state index contributed by atoms with van der Waals surface area (Å²) < 4.78 is 0. The van der Waals surface area contributed by atoms with Crippen molar-refractivity contribution >= 4 is 6.03 Å². The first-order valence-corrected chi connectivity index (χ1v) is 5.73. The van der Waals surface area contributed by atoms with Crippen molar-refractivity contribution in [2.45, 2.75) is 26.2 Å². The summed E-state index contributed by atoms with van der Waals surface area (Å²) >= 11 is 0. The number of nitrogens with one attached hydrogen (secondary N) is 3. The summed E-state index contributed by atoms with van der Waals surface area (Å²) in [5.74, 6) is 0. The number of rotatable bonds is 5. The van der Waals surface area contributed by atoms with E-state index in [9.17, 15) is 4.79 Å². The number of hydrogen-bond acceptors (Lipinski definition) is 2. The minimum atomic E-state index is -0.0496. The first kappa shape index (κ1) is 12.0. The predicted molar refractivity (Wildman–Crippen MR) is 61.9 cm³/mol. The average Bonchev–Trinajstić information content (AvgIpc) is 2.28. The SMILES string of the molecule is CCCNC(=O)NCCC1=CCNCC1. The van der Waals surface area contributed by atoms with Crippen LogP contribution in [0.2, 0.25) is 0 Å². The minimum Gasteiger partial charge on any atom is -0.338 e. The first-order chi connectivity index (χ1) is 7.33. The Bertz CT molecular complexity index is 226. The molecular formula is C11H21N3O. The Hall–Kier alpha value is -1.03. The number of amides is 2. The van der Waals surface area contributed by atoms with Crippen molar-refractivity contribution in [2.75, 3.05) is 26.2 Å².